The Kier molecular flexibility index (Phi) is 4.40. The van der Waals surface area contributed by atoms with Gasteiger partial charge >= 0.3 is 0 Å². The smallest absolute Gasteiger partial charge is 0.109 e. The van der Waals surface area contributed by atoms with Crippen molar-refractivity contribution in [3.8, 4) is 0 Å². The minimum absolute atomic E-state index is 1.04. The van der Waals surface area contributed by atoms with Crippen molar-refractivity contribution in [2.24, 2.45) is 0 Å². The average Bonchev–Trinajstić information content (AvgIpc) is 2.75. The summed E-state index contributed by atoms with van der Waals surface area (Å²) in [5.74, 6) is 1.26. The SMILES string of the molecule is CCCCc1nccn1CN1CCCCC1. The van der Waals surface area contributed by atoms with Crippen molar-refractivity contribution < 1.29 is 0 Å². The second-order valence-electron chi connectivity index (χ2n) is 4.74. The maximum Gasteiger partial charge on any atom is 0.109 e. The molecule has 1 aromatic heterocycles. The number of aryl methyl sites for hydroxylation is 1. The van der Waals surface area contributed by atoms with Gasteiger partial charge in [-0.05, 0) is 32.4 Å². The van der Waals surface area contributed by atoms with E-state index in [-0.39, 0.29) is 0 Å². The minimum atomic E-state index is 1.04. The lowest BCUT2D eigenvalue weighted by Crippen LogP contribution is -2.32. The number of imidazole rings is 1. The highest BCUT2D eigenvalue weighted by Crippen LogP contribution is 2.11. The van der Waals surface area contributed by atoms with Crippen molar-refractivity contribution in [1.29, 1.82) is 0 Å². The monoisotopic (exact) mass is 221 g/mol. The highest BCUT2D eigenvalue weighted by molar-refractivity contribution is 4.92. The first-order valence-corrected chi connectivity index (χ1v) is 6.62. The highest BCUT2D eigenvalue weighted by Gasteiger charge is 2.11. The predicted octanol–water partition coefficient (Wildman–Crippen LogP) is 2.67. The standard InChI is InChI=1S/C13H23N3/c1-2-3-7-13-14-8-11-16(13)12-15-9-5-4-6-10-15/h8,11H,2-7,9-10,12H2,1H3. The van der Waals surface area contributed by atoms with Gasteiger partial charge in [-0.25, -0.2) is 4.98 Å². The van der Waals surface area contributed by atoms with Crippen molar-refractivity contribution >= 4 is 0 Å². The Morgan fingerprint density at radius 2 is 2.06 bits per heavy atom. The lowest BCUT2D eigenvalue weighted by Gasteiger charge is -2.27. The first kappa shape index (κ1) is 11.6. The van der Waals surface area contributed by atoms with Crippen LogP contribution in [0.1, 0.15) is 44.9 Å². The molecule has 1 aliphatic rings. The largest absolute Gasteiger partial charge is 0.321 e. The van der Waals surface area contributed by atoms with Gasteiger partial charge in [-0.15, -0.1) is 0 Å². The van der Waals surface area contributed by atoms with Crippen LogP contribution in [0.4, 0.5) is 0 Å². The normalized spacial score (nSPS) is 17.8. The van der Waals surface area contributed by atoms with E-state index in [0.29, 0.717) is 0 Å². The number of hydrogen-bond acceptors (Lipinski definition) is 2. The second-order valence-corrected chi connectivity index (χ2v) is 4.74. The number of likely N-dealkylation sites (tertiary alicyclic amines) is 1. The molecular weight excluding hydrogens is 198 g/mol. The van der Waals surface area contributed by atoms with Gasteiger partial charge in [0.15, 0.2) is 0 Å². The predicted molar refractivity (Wildman–Crippen MR) is 66.3 cm³/mol. The zero-order valence-corrected chi connectivity index (χ0v) is 10.4. The van der Waals surface area contributed by atoms with E-state index in [4.69, 9.17) is 0 Å². The summed E-state index contributed by atoms with van der Waals surface area (Å²) in [6, 6.07) is 0. The van der Waals surface area contributed by atoms with Gasteiger partial charge in [0.2, 0.25) is 0 Å². The number of nitrogens with zero attached hydrogens (tertiary/aromatic N) is 3. The molecule has 0 unspecified atom stereocenters. The van der Waals surface area contributed by atoms with Crippen LogP contribution >= 0.6 is 0 Å². The maximum atomic E-state index is 4.46. The number of piperidine rings is 1. The van der Waals surface area contributed by atoms with E-state index < -0.39 is 0 Å². The summed E-state index contributed by atoms with van der Waals surface area (Å²) in [5.41, 5.74) is 0. The summed E-state index contributed by atoms with van der Waals surface area (Å²) in [7, 11) is 0. The topological polar surface area (TPSA) is 21.1 Å². The fraction of sp³-hybridized carbons (Fsp3) is 0.769. The van der Waals surface area contributed by atoms with E-state index in [9.17, 15) is 0 Å². The van der Waals surface area contributed by atoms with Gasteiger partial charge in [-0.3, -0.25) is 4.90 Å². The Hall–Kier alpha value is -0.830. The van der Waals surface area contributed by atoms with Crippen LogP contribution in [0.3, 0.4) is 0 Å². The Morgan fingerprint density at radius 3 is 2.81 bits per heavy atom. The van der Waals surface area contributed by atoms with Gasteiger partial charge in [0.1, 0.15) is 5.82 Å². The molecule has 0 amide bonds. The molecule has 1 fully saturated rings. The Balaban J connectivity index is 1.89. The molecule has 1 aromatic rings. The lowest BCUT2D eigenvalue weighted by molar-refractivity contribution is 0.180. The van der Waals surface area contributed by atoms with Crippen LogP contribution in [0.5, 0.6) is 0 Å². The van der Waals surface area contributed by atoms with Gasteiger partial charge in [-0.2, -0.15) is 0 Å². The van der Waals surface area contributed by atoms with E-state index in [1.165, 1.54) is 51.0 Å². The van der Waals surface area contributed by atoms with Crippen LogP contribution in [-0.2, 0) is 13.1 Å². The molecule has 90 valence electrons. The molecule has 0 aromatic carbocycles. The van der Waals surface area contributed by atoms with E-state index in [0.717, 1.165) is 13.1 Å². The molecule has 16 heavy (non-hydrogen) atoms. The molecule has 0 aliphatic carbocycles. The first-order valence-electron chi connectivity index (χ1n) is 6.62. The molecule has 3 nitrogen and oxygen atoms in total. The van der Waals surface area contributed by atoms with Gasteiger partial charge in [-0.1, -0.05) is 19.8 Å². The third-order valence-electron chi connectivity index (χ3n) is 3.36. The zero-order valence-electron chi connectivity index (χ0n) is 10.4. The number of aromatic nitrogens is 2. The summed E-state index contributed by atoms with van der Waals surface area (Å²) >= 11 is 0. The fourth-order valence-electron chi connectivity index (χ4n) is 2.35. The Labute approximate surface area is 98.5 Å². The van der Waals surface area contributed by atoms with Crippen LogP contribution in [0.2, 0.25) is 0 Å². The number of unbranched alkanes of at least 4 members (excludes halogenated alkanes) is 1. The van der Waals surface area contributed by atoms with Crippen molar-refractivity contribution in [1.82, 2.24) is 14.5 Å². The summed E-state index contributed by atoms with van der Waals surface area (Å²) in [6.45, 7) is 5.79. The second kappa shape index (κ2) is 6.04. The number of rotatable bonds is 5. The maximum absolute atomic E-state index is 4.46. The molecule has 0 spiro atoms. The van der Waals surface area contributed by atoms with Crippen LogP contribution in [-0.4, -0.2) is 27.5 Å². The molecule has 3 heteroatoms. The Morgan fingerprint density at radius 1 is 1.25 bits per heavy atom. The number of hydrogen-bond donors (Lipinski definition) is 0. The van der Waals surface area contributed by atoms with Crippen LogP contribution in [0.15, 0.2) is 12.4 Å². The zero-order chi connectivity index (χ0) is 11.2. The highest BCUT2D eigenvalue weighted by atomic mass is 15.3. The van der Waals surface area contributed by atoms with Gasteiger partial charge in [0, 0.05) is 18.8 Å². The summed E-state index contributed by atoms with van der Waals surface area (Å²) in [4.78, 5) is 7.00. The molecule has 1 saturated heterocycles. The van der Waals surface area contributed by atoms with Gasteiger partial charge in [0.05, 0.1) is 6.67 Å². The molecule has 0 atom stereocenters. The van der Waals surface area contributed by atoms with Crippen molar-refractivity contribution in [3.63, 3.8) is 0 Å². The van der Waals surface area contributed by atoms with Crippen molar-refractivity contribution in [2.45, 2.75) is 52.1 Å². The summed E-state index contributed by atoms with van der Waals surface area (Å²) in [5, 5.41) is 0. The third kappa shape index (κ3) is 3.08. The quantitative estimate of drug-likeness (QED) is 0.762. The van der Waals surface area contributed by atoms with Crippen molar-refractivity contribution in [2.75, 3.05) is 13.1 Å². The average molecular weight is 221 g/mol. The van der Waals surface area contributed by atoms with E-state index >= 15 is 0 Å². The Bertz CT molecular complexity index is 300. The minimum Gasteiger partial charge on any atom is -0.321 e. The summed E-state index contributed by atoms with van der Waals surface area (Å²) in [6.07, 6.45) is 11.8. The molecule has 0 bridgehead atoms. The molecule has 2 heterocycles. The third-order valence-corrected chi connectivity index (χ3v) is 3.36. The van der Waals surface area contributed by atoms with Gasteiger partial charge < -0.3 is 4.57 Å². The summed E-state index contributed by atoms with van der Waals surface area (Å²) < 4.78 is 2.32. The first-order chi connectivity index (χ1) is 7.90. The molecule has 0 N–H and O–H groups in total. The molecule has 2 rings (SSSR count). The van der Waals surface area contributed by atoms with Crippen LogP contribution in [0, 0.1) is 0 Å². The molecular formula is C13H23N3. The van der Waals surface area contributed by atoms with E-state index in [1.54, 1.807) is 0 Å². The van der Waals surface area contributed by atoms with E-state index in [2.05, 4.69) is 27.6 Å². The molecule has 1 aliphatic heterocycles. The van der Waals surface area contributed by atoms with Crippen LogP contribution in [0.25, 0.3) is 0 Å². The van der Waals surface area contributed by atoms with E-state index in [1.807, 2.05) is 6.20 Å². The van der Waals surface area contributed by atoms with Crippen molar-refractivity contribution in [3.05, 3.63) is 18.2 Å². The van der Waals surface area contributed by atoms with Gasteiger partial charge in [0.25, 0.3) is 0 Å². The lowest BCUT2D eigenvalue weighted by atomic mass is 10.1. The molecule has 0 saturated carbocycles. The van der Waals surface area contributed by atoms with Crippen LogP contribution < -0.4 is 0 Å². The fourth-order valence-corrected chi connectivity index (χ4v) is 2.35. The molecule has 0 radical (unpaired) electrons.